The fourth-order valence-corrected chi connectivity index (χ4v) is 3.09. The van der Waals surface area contributed by atoms with Gasteiger partial charge in [-0.1, -0.05) is 6.07 Å². The number of hydrogen-bond acceptors (Lipinski definition) is 4. The summed E-state index contributed by atoms with van der Waals surface area (Å²) >= 11 is 0. The molecule has 2 unspecified atom stereocenters. The van der Waals surface area contributed by atoms with Gasteiger partial charge < -0.3 is 21.1 Å². The average Bonchev–Trinajstić information content (AvgIpc) is 2.83. The van der Waals surface area contributed by atoms with E-state index < -0.39 is 0 Å². The molecule has 0 spiro atoms. The van der Waals surface area contributed by atoms with Crippen molar-refractivity contribution in [3.8, 4) is 5.75 Å². The summed E-state index contributed by atoms with van der Waals surface area (Å²) in [7, 11) is 0. The van der Waals surface area contributed by atoms with Crippen molar-refractivity contribution in [3.63, 3.8) is 0 Å². The van der Waals surface area contributed by atoms with Crippen molar-refractivity contribution in [3.05, 3.63) is 23.8 Å². The molecule has 20 heavy (non-hydrogen) atoms. The van der Waals surface area contributed by atoms with Crippen LogP contribution in [0.15, 0.2) is 18.2 Å². The van der Waals surface area contributed by atoms with Crippen LogP contribution in [0.5, 0.6) is 5.75 Å². The number of phenols is 1. The number of benzene rings is 1. The molecule has 0 bridgehead atoms. The predicted octanol–water partition coefficient (Wildman–Crippen LogP) is 0.325. The number of fused-ring (bicyclic) bond motifs is 1. The Hall–Kier alpha value is -2.24. The van der Waals surface area contributed by atoms with Crippen molar-refractivity contribution in [2.45, 2.75) is 18.9 Å². The number of phenolic OH excluding ortho intramolecular Hbond substituents is 1. The van der Waals surface area contributed by atoms with Crippen LogP contribution in [-0.2, 0) is 4.79 Å². The van der Waals surface area contributed by atoms with Gasteiger partial charge in [-0.2, -0.15) is 0 Å². The van der Waals surface area contributed by atoms with Crippen LogP contribution in [0.4, 0.5) is 5.69 Å². The fraction of sp³-hybridized carbons (Fsp3) is 0.429. The molecular formula is C14H17N3O3. The zero-order valence-electron chi connectivity index (χ0n) is 11.0. The highest BCUT2D eigenvalue weighted by Gasteiger charge is 2.43. The number of nitrogens with zero attached hydrogens (tertiary/aromatic N) is 1. The molecule has 2 saturated heterocycles. The number of amides is 2. The number of anilines is 1. The zero-order chi connectivity index (χ0) is 14.3. The lowest BCUT2D eigenvalue weighted by atomic mass is 9.91. The zero-order valence-corrected chi connectivity index (χ0v) is 11.0. The Bertz CT molecular complexity index is 573. The molecule has 0 aliphatic carbocycles. The van der Waals surface area contributed by atoms with Crippen LogP contribution >= 0.6 is 0 Å². The standard InChI is InChI=1S/C14H17N3O3/c15-10-5-1-3-9(12(10)18)14(20)17-6-2-4-8-11(17)7-16-13(8)19/h1,3,5,8,11,18H,2,4,6-7,15H2,(H,16,19). The molecule has 106 valence electrons. The van der Waals surface area contributed by atoms with Crippen molar-refractivity contribution < 1.29 is 14.7 Å². The van der Waals surface area contributed by atoms with Crippen LogP contribution in [-0.4, -0.2) is 41.0 Å². The van der Waals surface area contributed by atoms with E-state index >= 15 is 0 Å². The van der Waals surface area contributed by atoms with Crippen molar-refractivity contribution in [2.75, 3.05) is 18.8 Å². The smallest absolute Gasteiger partial charge is 0.258 e. The van der Waals surface area contributed by atoms with E-state index in [-0.39, 0.29) is 40.8 Å². The van der Waals surface area contributed by atoms with E-state index in [0.29, 0.717) is 13.1 Å². The topological polar surface area (TPSA) is 95.7 Å². The van der Waals surface area contributed by atoms with Gasteiger partial charge in [-0.25, -0.2) is 0 Å². The van der Waals surface area contributed by atoms with E-state index in [9.17, 15) is 14.7 Å². The second kappa shape index (κ2) is 4.70. The summed E-state index contributed by atoms with van der Waals surface area (Å²) in [5.74, 6) is -0.557. The summed E-state index contributed by atoms with van der Waals surface area (Å²) in [6.07, 6.45) is 1.60. The van der Waals surface area contributed by atoms with E-state index in [0.717, 1.165) is 12.8 Å². The summed E-state index contributed by atoms with van der Waals surface area (Å²) in [5, 5.41) is 12.7. The Labute approximate surface area is 116 Å². The molecule has 2 aliphatic heterocycles. The van der Waals surface area contributed by atoms with Gasteiger partial charge in [0.1, 0.15) is 0 Å². The molecule has 0 aromatic heterocycles. The summed E-state index contributed by atoms with van der Waals surface area (Å²) in [5.41, 5.74) is 6.01. The average molecular weight is 275 g/mol. The monoisotopic (exact) mass is 275 g/mol. The fourth-order valence-electron chi connectivity index (χ4n) is 3.09. The summed E-state index contributed by atoms with van der Waals surface area (Å²) < 4.78 is 0. The molecule has 2 amide bonds. The number of carbonyl (C=O) groups is 2. The van der Waals surface area contributed by atoms with Gasteiger partial charge in [-0.3, -0.25) is 9.59 Å². The first-order chi connectivity index (χ1) is 9.59. The molecule has 3 rings (SSSR count). The Kier molecular flexibility index (Phi) is 3.00. The molecule has 6 heteroatoms. The number of rotatable bonds is 1. The van der Waals surface area contributed by atoms with Crippen molar-refractivity contribution in [1.82, 2.24) is 10.2 Å². The SMILES string of the molecule is Nc1cccc(C(=O)N2CCCC3C(=O)NCC32)c1O. The number of para-hydroxylation sites is 1. The molecule has 6 nitrogen and oxygen atoms in total. The Morgan fingerprint density at radius 1 is 1.45 bits per heavy atom. The lowest BCUT2D eigenvalue weighted by Crippen LogP contribution is -2.48. The van der Waals surface area contributed by atoms with Crippen LogP contribution in [0.3, 0.4) is 0 Å². The number of nitrogens with one attached hydrogen (secondary N) is 1. The van der Waals surface area contributed by atoms with Crippen LogP contribution < -0.4 is 11.1 Å². The van der Waals surface area contributed by atoms with Gasteiger partial charge in [0.15, 0.2) is 5.75 Å². The number of hydrogen-bond donors (Lipinski definition) is 3. The maximum absolute atomic E-state index is 12.6. The van der Waals surface area contributed by atoms with Crippen LogP contribution in [0, 0.1) is 5.92 Å². The number of carbonyl (C=O) groups excluding carboxylic acids is 2. The van der Waals surface area contributed by atoms with Crippen LogP contribution in [0.1, 0.15) is 23.2 Å². The van der Waals surface area contributed by atoms with Gasteiger partial charge in [0.05, 0.1) is 23.2 Å². The second-order valence-corrected chi connectivity index (χ2v) is 5.30. The van der Waals surface area contributed by atoms with E-state index in [1.54, 1.807) is 23.1 Å². The van der Waals surface area contributed by atoms with E-state index in [2.05, 4.69) is 5.32 Å². The van der Waals surface area contributed by atoms with Gasteiger partial charge >= 0.3 is 0 Å². The first-order valence-electron chi connectivity index (χ1n) is 6.75. The highest BCUT2D eigenvalue weighted by atomic mass is 16.3. The van der Waals surface area contributed by atoms with Crippen molar-refractivity contribution >= 4 is 17.5 Å². The number of piperidine rings is 1. The maximum atomic E-state index is 12.6. The summed E-state index contributed by atoms with van der Waals surface area (Å²) in [4.78, 5) is 26.0. The van der Waals surface area contributed by atoms with Crippen LogP contribution in [0.25, 0.3) is 0 Å². The summed E-state index contributed by atoms with van der Waals surface area (Å²) in [6, 6.07) is 4.62. The third-order valence-corrected chi connectivity index (χ3v) is 4.16. The van der Waals surface area contributed by atoms with E-state index in [4.69, 9.17) is 5.73 Å². The van der Waals surface area contributed by atoms with Crippen molar-refractivity contribution in [1.29, 1.82) is 0 Å². The van der Waals surface area contributed by atoms with Gasteiger partial charge in [0, 0.05) is 13.1 Å². The lowest BCUT2D eigenvalue weighted by Gasteiger charge is -2.36. The first kappa shape index (κ1) is 12.8. The highest BCUT2D eigenvalue weighted by molar-refractivity contribution is 5.99. The van der Waals surface area contributed by atoms with E-state index in [1.807, 2.05) is 0 Å². The number of aromatic hydroxyl groups is 1. The molecule has 2 heterocycles. The molecule has 1 aromatic rings. The normalized spacial score (nSPS) is 25.2. The van der Waals surface area contributed by atoms with Gasteiger partial charge in [-0.05, 0) is 25.0 Å². The molecule has 2 aliphatic rings. The Balaban J connectivity index is 1.90. The lowest BCUT2D eigenvalue weighted by molar-refractivity contribution is -0.123. The highest BCUT2D eigenvalue weighted by Crippen LogP contribution is 2.31. The molecule has 0 radical (unpaired) electrons. The van der Waals surface area contributed by atoms with Crippen molar-refractivity contribution in [2.24, 2.45) is 5.92 Å². The minimum absolute atomic E-state index is 0.0179. The number of nitrogen functional groups attached to an aromatic ring is 1. The predicted molar refractivity (Wildman–Crippen MR) is 73.1 cm³/mol. The van der Waals surface area contributed by atoms with Gasteiger partial charge in [-0.15, -0.1) is 0 Å². The minimum Gasteiger partial charge on any atom is -0.505 e. The Morgan fingerprint density at radius 3 is 3.05 bits per heavy atom. The third-order valence-electron chi connectivity index (χ3n) is 4.16. The first-order valence-corrected chi connectivity index (χ1v) is 6.75. The van der Waals surface area contributed by atoms with E-state index in [1.165, 1.54) is 0 Å². The number of likely N-dealkylation sites (tertiary alicyclic amines) is 1. The van der Waals surface area contributed by atoms with Gasteiger partial charge in [0.25, 0.3) is 5.91 Å². The molecule has 2 atom stereocenters. The third kappa shape index (κ3) is 1.88. The van der Waals surface area contributed by atoms with Crippen LogP contribution in [0.2, 0.25) is 0 Å². The van der Waals surface area contributed by atoms with Gasteiger partial charge in [0.2, 0.25) is 5.91 Å². The summed E-state index contributed by atoms with van der Waals surface area (Å²) in [6.45, 7) is 1.08. The maximum Gasteiger partial charge on any atom is 0.258 e. The Morgan fingerprint density at radius 2 is 2.25 bits per heavy atom. The molecule has 0 saturated carbocycles. The second-order valence-electron chi connectivity index (χ2n) is 5.30. The number of nitrogens with two attached hydrogens (primary N) is 1. The molecule has 4 N–H and O–H groups in total. The largest absolute Gasteiger partial charge is 0.505 e. The molecule has 1 aromatic carbocycles. The minimum atomic E-state index is -0.263. The molecular weight excluding hydrogens is 258 g/mol. The quantitative estimate of drug-likeness (QED) is 0.508. The molecule has 2 fully saturated rings.